The fourth-order valence-electron chi connectivity index (χ4n) is 1.94. The summed E-state index contributed by atoms with van der Waals surface area (Å²) in [6.07, 6.45) is 1.63. The Labute approximate surface area is 129 Å². The lowest BCUT2D eigenvalue weighted by molar-refractivity contribution is 0.0784. The highest BCUT2D eigenvalue weighted by Gasteiger charge is 2.18. The second-order valence-corrected chi connectivity index (χ2v) is 6.34. The summed E-state index contributed by atoms with van der Waals surface area (Å²) < 4.78 is 0. The lowest BCUT2D eigenvalue weighted by Gasteiger charge is -2.18. The zero-order chi connectivity index (χ0) is 15.6. The first-order chi connectivity index (χ1) is 9.90. The first-order valence-corrected chi connectivity index (χ1v) is 7.76. The van der Waals surface area contributed by atoms with E-state index in [2.05, 4.69) is 15.0 Å². The third-order valence-electron chi connectivity index (χ3n) is 3.32. The topological polar surface area (TPSA) is 59.0 Å². The SMILES string of the molecule is Cc1nc(C(C)C)ncc1C(=O)N(C)Cc1scnc1C. The molecule has 2 rings (SSSR count). The van der Waals surface area contributed by atoms with E-state index in [0.717, 1.165) is 22.1 Å². The molecule has 0 aromatic carbocycles. The quantitative estimate of drug-likeness (QED) is 0.871. The lowest BCUT2D eigenvalue weighted by atomic mass is 10.1. The van der Waals surface area contributed by atoms with Crippen LogP contribution in [0.5, 0.6) is 0 Å². The largest absolute Gasteiger partial charge is 0.336 e. The monoisotopic (exact) mass is 304 g/mol. The molecule has 0 aliphatic rings. The second kappa shape index (κ2) is 6.30. The molecule has 0 aliphatic heterocycles. The highest BCUT2D eigenvalue weighted by Crippen LogP contribution is 2.17. The van der Waals surface area contributed by atoms with Gasteiger partial charge in [0.1, 0.15) is 5.82 Å². The summed E-state index contributed by atoms with van der Waals surface area (Å²) in [6, 6.07) is 0. The Morgan fingerprint density at radius 1 is 1.29 bits per heavy atom. The molecule has 0 saturated carbocycles. The number of aryl methyl sites for hydroxylation is 2. The van der Waals surface area contributed by atoms with Gasteiger partial charge >= 0.3 is 0 Å². The van der Waals surface area contributed by atoms with Crippen LogP contribution in [0.15, 0.2) is 11.7 Å². The summed E-state index contributed by atoms with van der Waals surface area (Å²) in [5, 5.41) is 0. The van der Waals surface area contributed by atoms with Crippen LogP contribution in [0.25, 0.3) is 0 Å². The molecule has 5 nitrogen and oxygen atoms in total. The van der Waals surface area contributed by atoms with Crippen LogP contribution in [-0.2, 0) is 6.54 Å². The van der Waals surface area contributed by atoms with Gasteiger partial charge in [0.15, 0.2) is 0 Å². The van der Waals surface area contributed by atoms with Crippen molar-refractivity contribution in [3.05, 3.63) is 39.4 Å². The summed E-state index contributed by atoms with van der Waals surface area (Å²) in [5.74, 6) is 0.964. The Morgan fingerprint density at radius 2 is 2.00 bits per heavy atom. The van der Waals surface area contributed by atoms with Crippen molar-refractivity contribution in [2.45, 2.75) is 40.2 Å². The Bertz CT molecular complexity index is 651. The molecule has 0 fully saturated rings. The van der Waals surface area contributed by atoms with Gasteiger partial charge in [0.25, 0.3) is 5.91 Å². The van der Waals surface area contributed by atoms with Crippen molar-refractivity contribution < 1.29 is 4.79 Å². The number of hydrogen-bond acceptors (Lipinski definition) is 5. The number of thiazole rings is 1. The van der Waals surface area contributed by atoms with Crippen LogP contribution in [0.2, 0.25) is 0 Å². The molecule has 2 heterocycles. The molecule has 112 valence electrons. The smallest absolute Gasteiger partial charge is 0.257 e. The molecule has 0 spiro atoms. The molecular formula is C15H20N4OS. The minimum atomic E-state index is -0.0596. The van der Waals surface area contributed by atoms with Gasteiger partial charge < -0.3 is 4.90 Å². The summed E-state index contributed by atoms with van der Waals surface area (Å²) in [6.45, 7) is 8.44. The van der Waals surface area contributed by atoms with E-state index in [9.17, 15) is 4.79 Å². The second-order valence-electron chi connectivity index (χ2n) is 5.40. The van der Waals surface area contributed by atoms with Gasteiger partial charge in [-0.15, -0.1) is 11.3 Å². The summed E-state index contributed by atoms with van der Waals surface area (Å²) in [4.78, 5) is 28.2. The predicted octanol–water partition coefficient (Wildman–Crippen LogP) is 2.95. The Kier molecular flexibility index (Phi) is 4.67. The summed E-state index contributed by atoms with van der Waals surface area (Å²) in [7, 11) is 1.79. The van der Waals surface area contributed by atoms with Gasteiger partial charge in [-0.3, -0.25) is 4.79 Å². The molecular weight excluding hydrogens is 284 g/mol. The molecule has 0 N–H and O–H groups in total. The van der Waals surface area contributed by atoms with Gasteiger partial charge in [0, 0.05) is 24.0 Å². The molecule has 0 saturated heterocycles. The van der Waals surface area contributed by atoms with Gasteiger partial charge in [-0.2, -0.15) is 0 Å². The molecule has 6 heteroatoms. The van der Waals surface area contributed by atoms with E-state index in [1.165, 1.54) is 0 Å². The van der Waals surface area contributed by atoms with E-state index in [1.54, 1.807) is 35.0 Å². The highest BCUT2D eigenvalue weighted by atomic mass is 32.1. The molecule has 0 unspecified atom stereocenters. The van der Waals surface area contributed by atoms with Crippen molar-refractivity contribution in [3.63, 3.8) is 0 Å². The molecule has 21 heavy (non-hydrogen) atoms. The number of carbonyl (C=O) groups is 1. The van der Waals surface area contributed by atoms with Crippen molar-refractivity contribution in [1.82, 2.24) is 19.9 Å². The lowest BCUT2D eigenvalue weighted by Crippen LogP contribution is -2.27. The van der Waals surface area contributed by atoms with Crippen LogP contribution in [0.1, 0.15) is 52.2 Å². The van der Waals surface area contributed by atoms with Gasteiger partial charge in [-0.1, -0.05) is 13.8 Å². The van der Waals surface area contributed by atoms with Crippen LogP contribution < -0.4 is 0 Å². The Hall–Kier alpha value is -1.82. The molecule has 0 bridgehead atoms. The van der Waals surface area contributed by atoms with Crippen LogP contribution in [0.3, 0.4) is 0 Å². The van der Waals surface area contributed by atoms with Crippen LogP contribution in [0.4, 0.5) is 0 Å². The number of hydrogen-bond donors (Lipinski definition) is 0. The number of nitrogens with zero attached hydrogens (tertiary/aromatic N) is 4. The van der Waals surface area contributed by atoms with E-state index >= 15 is 0 Å². The molecule has 0 aliphatic carbocycles. The molecule has 2 aromatic heterocycles. The predicted molar refractivity (Wildman–Crippen MR) is 83.5 cm³/mol. The van der Waals surface area contributed by atoms with E-state index in [4.69, 9.17) is 0 Å². The minimum Gasteiger partial charge on any atom is -0.336 e. The zero-order valence-corrected chi connectivity index (χ0v) is 13.9. The number of carbonyl (C=O) groups excluding carboxylic acids is 1. The maximum atomic E-state index is 12.5. The standard InChI is InChI=1S/C15H20N4OS/c1-9(2)14-16-6-12(10(3)18-14)15(20)19(5)7-13-11(4)17-8-21-13/h6,8-9H,7H2,1-5H3. The fourth-order valence-corrected chi connectivity index (χ4v) is 2.77. The zero-order valence-electron chi connectivity index (χ0n) is 13.0. The fraction of sp³-hybridized carbons (Fsp3) is 0.467. The minimum absolute atomic E-state index is 0.0596. The summed E-state index contributed by atoms with van der Waals surface area (Å²) >= 11 is 1.56. The molecule has 0 atom stereocenters. The number of amides is 1. The van der Waals surface area contributed by atoms with Gasteiger partial charge in [-0.05, 0) is 13.8 Å². The normalized spacial score (nSPS) is 11.0. The van der Waals surface area contributed by atoms with Gasteiger partial charge in [0.2, 0.25) is 0 Å². The molecule has 2 aromatic rings. The molecule has 0 radical (unpaired) electrons. The van der Waals surface area contributed by atoms with E-state index in [1.807, 2.05) is 27.7 Å². The first kappa shape index (κ1) is 15.6. The van der Waals surface area contributed by atoms with E-state index in [0.29, 0.717) is 12.1 Å². The first-order valence-electron chi connectivity index (χ1n) is 6.88. The van der Waals surface area contributed by atoms with Crippen LogP contribution >= 0.6 is 11.3 Å². The summed E-state index contributed by atoms with van der Waals surface area (Å²) in [5.41, 5.74) is 4.06. The average molecular weight is 304 g/mol. The third kappa shape index (κ3) is 3.44. The third-order valence-corrected chi connectivity index (χ3v) is 4.24. The van der Waals surface area contributed by atoms with Crippen molar-refractivity contribution in [3.8, 4) is 0 Å². The molecule has 1 amide bonds. The highest BCUT2D eigenvalue weighted by molar-refractivity contribution is 7.09. The Morgan fingerprint density at radius 3 is 2.52 bits per heavy atom. The van der Waals surface area contributed by atoms with Crippen molar-refractivity contribution >= 4 is 17.2 Å². The maximum Gasteiger partial charge on any atom is 0.257 e. The number of rotatable bonds is 4. The van der Waals surface area contributed by atoms with Crippen molar-refractivity contribution in [1.29, 1.82) is 0 Å². The number of aromatic nitrogens is 3. The van der Waals surface area contributed by atoms with Gasteiger partial charge in [-0.25, -0.2) is 15.0 Å². The Balaban J connectivity index is 2.18. The van der Waals surface area contributed by atoms with Gasteiger partial charge in [0.05, 0.1) is 29.0 Å². The van der Waals surface area contributed by atoms with Crippen molar-refractivity contribution in [2.75, 3.05) is 7.05 Å². The van der Waals surface area contributed by atoms with Crippen LogP contribution in [-0.4, -0.2) is 32.8 Å². The van der Waals surface area contributed by atoms with Crippen LogP contribution in [0, 0.1) is 13.8 Å². The average Bonchev–Trinajstić information content (AvgIpc) is 2.83. The van der Waals surface area contributed by atoms with Crippen molar-refractivity contribution in [2.24, 2.45) is 0 Å². The maximum absolute atomic E-state index is 12.5. The van der Waals surface area contributed by atoms with E-state index < -0.39 is 0 Å². The van der Waals surface area contributed by atoms with E-state index in [-0.39, 0.29) is 11.8 Å².